The van der Waals surface area contributed by atoms with Crippen LogP contribution in [0.2, 0.25) is 0 Å². The summed E-state index contributed by atoms with van der Waals surface area (Å²) in [5.74, 6) is -0.112. The van der Waals surface area contributed by atoms with Crippen molar-refractivity contribution in [3.05, 3.63) is 17.7 Å². The first-order chi connectivity index (χ1) is 8.54. The zero-order chi connectivity index (χ0) is 13.7. The molecule has 0 aromatic heterocycles. The Morgan fingerprint density at radius 3 is 2.33 bits per heavy atom. The number of hydrogen-bond acceptors (Lipinski definition) is 4. The molecule has 1 aromatic rings. The summed E-state index contributed by atoms with van der Waals surface area (Å²) in [7, 11) is 0. The van der Waals surface area contributed by atoms with Crippen molar-refractivity contribution >= 4 is 11.8 Å². The molecule has 0 aliphatic rings. The van der Waals surface area contributed by atoms with Gasteiger partial charge in [-0.3, -0.25) is 0 Å². The van der Waals surface area contributed by atoms with Gasteiger partial charge in [0.05, 0.1) is 0 Å². The number of carbonyl (C=O) groups is 1. The number of phenolic OH excluding ortho intramolecular Hbond substituents is 1. The highest BCUT2D eigenvalue weighted by Crippen LogP contribution is 2.37. The highest BCUT2D eigenvalue weighted by Gasteiger charge is 2.17. The second-order valence-electron chi connectivity index (χ2n) is 3.80. The molecule has 1 rings (SSSR count). The monoisotopic (exact) mass is 253 g/mol. The average molecular weight is 253 g/mol. The number of aromatic hydroxyl groups is 1. The quantitative estimate of drug-likeness (QED) is 0.623. The molecule has 0 spiro atoms. The molecule has 0 heterocycles. The van der Waals surface area contributed by atoms with E-state index in [0.29, 0.717) is 12.0 Å². The van der Waals surface area contributed by atoms with E-state index in [-0.39, 0.29) is 11.5 Å². The van der Waals surface area contributed by atoms with Gasteiger partial charge in [0.15, 0.2) is 11.5 Å². The summed E-state index contributed by atoms with van der Waals surface area (Å²) in [6.45, 7) is 7.61. The van der Waals surface area contributed by atoms with Gasteiger partial charge in [0.25, 0.3) is 0 Å². The van der Waals surface area contributed by atoms with Crippen LogP contribution in [0.4, 0.5) is 10.5 Å². The van der Waals surface area contributed by atoms with Crippen molar-refractivity contribution in [3.63, 3.8) is 0 Å². The molecule has 18 heavy (non-hydrogen) atoms. The van der Waals surface area contributed by atoms with Crippen molar-refractivity contribution in [3.8, 4) is 11.5 Å². The molecule has 100 valence electrons. The van der Waals surface area contributed by atoms with Crippen LogP contribution >= 0.6 is 0 Å². The zero-order valence-electron chi connectivity index (χ0n) is 10.9. The van der Waals surface area contributed by atoms with E-state index in [2.05, 4.69) is 9.64 Å². The predicted molar refractivity (Wildman–Crippen MR) is 69.7 cm³/mol. The Hall–Kier alpha value is -1.91. The first kappa shape index (κ1) is 14.2. The fourth-order valence-electron chi connectivity index (χ4n) is 1.99. The molecule has 2 N–H and O–H groups in total. The van der Waals surface area contributed by atoms with Gasteiger partial charge in [-0.25, -0.2) is 4.79 Å². The second kappa shape index (κ2) is 6.14. The van der Waals surface area contributed by atoms with Crippen LogP contribution in [0.5, 0.6) is 11.5 Å². The lowest BCUT2D eigenvalue weighted by Gasteiger charge is -2.25. The highest BCUT2D eigenvalue weighted by atomic mass is 16.7. The van der Waals surface area contributed by atoms with Crippen molar-refractivity contribution < 1.29 is 19.7 Å². The minimum absolute atomic E-state index is 0.0183. The van der Waals surface area contributed by atoms with Crippen molar-refractivity contribution in [2.24, 2.45) is 0 Å². The molecule has 0 unspecified atom stereocenters. The van der Waals surface area contributed by atoms with Crippen LogP contribution in [0.3, 0.4) is 0 Å². The fraction of sp³-hybridized carbons (Fsp3) is 0.462. The number of benzene rings is 1. The van der Waals surface area contributed by atoms with Gasteiger partial charge >= 0.3 is 6.16 Å². The lowest BCUT2D eigenvalue weighted by Crippen LogP contribution is -2.23. The van der Waals surface area contributed by atoms with Crippen molar-refractivity contribution in [1.82, 2.24) is 0 Å². The van der Waals surface area contributed by atoms with Gasteiger partial charge in [-0.05, 0) is 32.4 Å². The lowest BCUT2D eigenvalue weighted by atomic mass is 10.1. The van der Waals surface area contributed by atoms with Crippen molar-refractivity contribution in [1.29, 1.82) is 0 Å². The molecule has 0 bridgehead atoms. The van der Waals surface area contributed by atoms with E-state index in [9.17, 15) is 9.90 Å². The molecule has 5 heteroatoms. The molecule has 0 aliphatic heterocycles. The SMILES string of the molecule is CCc1c(N(CC)CC)ccc(OC(=O)O)c1O. The minimum atomic E-state index is -1.43. The molecule has 0 saturated carbocycles. The lowest BCUT2D eigenvalue weighted by molar-refractivity contribution is 0.143. The fourth-order valence-corrected chi connectivity index (χ4v) is 1.99. The largest absolute Gasteiger partial charge is 0.511 e. The summed E-state index contributed by atoms with van der Waals surface area (Å²) in [6.07, 6.45) is -0.822. The first-order valence-corrected chi connectivity index (χ1v) is 6.05. The van der Waals surface area contributed by atoms with Gasteiger partial charge in [-0.15, -0.1) is 0 Å². The molecule has 0 saturated heterocycles. The maximum Gasteiger partial charge on any atom is 0.511 e. The Bertz CT molecular complexity index is 427. The number of ether oxygens (including phenoxy) is 1. The van der Waals surface area contributed by atoms with Crippen LogP contribution in [-0.2, 0) is 6.42 Å². The molecule has 0 aliphatic carbocycles. The molecule has 0 fully saturated rings. The average Bonchev–Trinajstić information content (AvgIpc) is 2.34. The number of anilines is 1. The Kier molecular flexibility index (Phi) is 4.83. The smallest absolute Gasteiger partial charge is 0.504 e. The van der Waals surface area contributed by atoms with Crippen LogP contribution < -0.4 is 9.64 Å². The molecule has 0 radical (unpaired) electrons. The number of hydrogen-bond donors (Lipinski definition) is 2. The molecule has 1 aromatic carbocycles. The van der Waals surface area contributed by atoms with Gasteiger partial charge in [0, 0.05) is 24.3 Å². The standard InChI is InChI=1S/C13H19NO4/c1-4-9-10(14(5-2)6-3)7-8-11(12(9)15)18-13(16)17/h7-8,15H,4-6H2,1-3H3,(H,16,17). The van der Waals surface area contributed by atoms with Crippen LogP contribution in [0.15, 0.2) is 12.1 Å². The normalized spacial score (nSPS) is 10.2. The summed E-state index contributed by atoms with van der Waals surface area (Å²) >= 11 is 0. The third-order valence-electron chi connectivity index (χ3n) is 2.88. The Labute approximate surface area is 107 Å². The number of rotatable bonds is 5. The number of nitrogens with zero attached hydrogens (tertiary/aromatic N) is 1. The van der Waals surface area contributed by atoms with Gasteiger partial charge in [0.2, 0.25) is 0 Å². The third kappa shape index (κ3) is 2.85. The van der Waals surface area contributed by atoms with Crippen LogP contribution in [0.1, 0.15) is 26.3 Å². The van der Waals surface area contributed by atoms with E-state index in [0.717, 1.165) is 18.8 Å². The zero-order valence-corrected chi connectivity index (χ0v) is 10.9. The van der Waals surface area contributed by atoms with E-state index in [4.69, 9.17) is 5.11 Å². The van der Waals surface area contributed by atoms with Gasteiger partial charge < -0.3 is 19.8 Å². The van der Waals surface area contributed by atoms with E-state index >= 15 is 0 Å². The number of carboxylic acid groups (broad SMARTS) is 1. The molecular weight excluding hydrogens is 234 g/mol. The maximum absolute atomic E-state index is 10.5. The first-order valence-electron chi connectivity index (χ1n) is 6.05. The summed E-state index contributed by atoms with van der Waals surface area (Å²) in [6, 6.07) is 3.26. The topological polar surface area (TPSA) is 70.0 Å². The Morgan fingerprint density at radius 1 is 1.28 bits per heavy atom. The summed E-state index contributed by atoms with van der Waals surface area (Å²) < 4.78 is 4.54. The van der Waals surface area contributed by atoms with E-state index in [1.54, 1.807) is 6.07 Å². The van der Waals surface area contributed by atoms with E-state index in [1.807, 2.05) is 20.8 Å². The van der Waals surface area contributed by atoms with Crippen molar-refractivity contribution in [2.75, 3.05) is 18.0 Å². The molecule has 0 amide bonds. The third-order valence-corrected chi connectivity index (χ3v) is 2.88. The highest BCUT2D eigenvalue weighted by molar-refractivity contribution is 5.68. The molecule has 5 nitrogen and oxygen atoms in total. The molecular formula is C13H19NO4. The van der Waals surface area contributed by atoms with Crippen LogP contribution in [0, 0.1) is 0 Å². The van der Waals surface area contributed by atoms with Gasteiger partial charge in [-0.2, -0.15) is 0 Å². The van der Waals surface area contributed by atoms with Crippen molar-refractivity contribution in [2.45, 2.75) is 27.2 Å². The van der Waals surface area contributed by atoms with Gasteiger partial charge in [-0.1, -0.05) is 6.92 Å². The Balaban J connectivity index is 3.23. The second-order valence-corrected chi connectivity index (χ2v) is 3.80. The van der Waals surface area contributed by atoms with Crippen LogP contribution in [-0.4, -0.2) is 29.5 Å². The summed E-state index contributed by atoms with van der Waals surface area (Å²) in [5, 5.41) is 18.6. The van der Waals surface area contributed by atoms with E-state index in [1.165, 1.54) is 6.07 Å². The minimum Gasteiger partial charge on any atom is -0.504 e. The predicted octanol–water partition coefficient (Wildman–Crippen LogP) is 2.86. The van der Waals surface area contributed by atoms with E-state index < -0.39 is 6.16 Å². The summed E-state index contributed by atoms with van der Waals surface area (Å²) in [5.41, 5.74) is 1.62. The maximum atomic E-state index is 10.5. The summed E-state index contributed by atoms with van der Waals surface area (Å²) in [4.78, 5) is 12.6. The van der Waals surface area contributed by atoms with Crippen LogP contribution in [0.25, 0.3) is 0 Å². The van der Waals surface area contributed by atoms with Gasteiger partial charge in [0.1, 0.15) is 0 Å². The Morgan fingerprint density at radius 2 is 1.89 bits per heavy atom. The molecule has 0 atom stereocenters. The number of phenols is 1.